The summed E-state index contributed by atoms with van der Waals surface area (Å²) in [6, 6.07) is 6.96. The molecule has 1 aromatic carbocycles. The summed E-state index contributed by atoms with van der Waals surface area (Å²) >= 11 is 0. The lowest BCUT2D eigenvalue weighted by Gasteiger charge is -2.32. The molecule has 2 aromatic heterocycles. The maximum atomic E-state index is 11.6. The number of carboxylic acid groups (broad SMARTS) is 1. The van der Waals surface area contributed by atoms with E-state index in [0.717, 1.165) is 24.8 Å². The molecule has 0 fully saturated rings. The number of fused-ring (bicyclic) bond motifs is 1. The standard InChI is InChI=1S/C26H34N6O5/c1-6-7-10-26(3,15-29-16(2)33)32-23-22-20(11-18(14-27-22)24(34)35)30-25(31-23)28-13-17-8-9-19(36-4)12-21(17)37-5/h8-9,11-12,14H,6-7,10,13,15H2,1-5H3,(H,29,33)(H,34,35)(H2,28,30,31,32). The Morgan fingerprint density at radius 2 is 1.92 bits per heavy atom. The summed E-state index contributed by atoms with van der Waals surface area (Å²) in [5.41, 5.74) is 1.17. The molecule has 0 radical (unpaired) electrons. The van der Waals surface area contributed by atoms with Crippen LogP contribution in [0.3, 0.4) is 0 Å². The second-order valence-electron chi connectivity index (χ2n) is 9.02. The van der Waals surface area contributed by atoms with Gasteiger partial charge in [-0.2, -0.15) is 4.98 Å². The number of pyridine rings is 1. The third-order valence-corrected chi connectivity index (χ3v) is 5.94. The molecule has 1 amide bonds. The third-order valence-electron chi connectivity index (χ3n) is 5.94. The predicted molar refractivity (Wildman–Crippen MR) is 141 cm³/mol. The summed E-state index contributed by atoms with van der Waals surface area (Å²) in [5.74, 6) is 0.815. The van der Waals surface area contributed by atoms with Gasteiger partial charge in [0.25, 0.3) is 0 Å². The number of aromatic carboxylic acids is 1. The van der Waals surface area contributed by atoms with Crippen molar-refractivity contribution < 1.29 is 24.2 Å². The monoisotopic (exact) mass is 510 g/mol. The van der Waals surface area contributed by atoms with Gasteiger partial charge in [-0.25, -0.2) is 14.8 Å². The van der Waals surface area contributed by atoms with E-state index in [2.05, 4.69) is 37.8 Å². The molecule has 0 spiro atoms. The van der Waals surface area contributed by atoms with Crippen LogP contribution in [-0.4, -0.2) is 58.2 Å². The van der Waals surface area contributed by atoms with Crippen molar-refractivity contribution in [3.8, 4) is 11.5 Å². The van der Waals surface area contributed by atoms with Gasteiger partial charge in [0.15, 0.2) is 5.82 Å². The number of methoxy groups -OCH3 is 2. The second kappa shape index (κ2) is 12.2. The van der Waals surface area contributed by atoms with Gasteiger partial charge in [0.05, 0.1) is 30.8 Å². The fourth-order valence-corrected chi connectivity index (χ4v) is 3.84. The van der Waals surface area contributed by atoms with Crippen molar-refractivity contribution >= 4 is 34.7 Å². The van der Waals surface area contributed by atoms with E-state index < -0.39 is 11.5 Å². The Kier molecular flexibility index (Phi) is 9.05. The molecule has 0 saturated heterocycles. The summed E-state index contributed by atoms with van der Waals surface area (Å²) in [6.07, 6.45) is 3.98. The zero-order valence-corrected chi connectivity index (χ0v) is 21.8. The number of ether oxygens (including phenoxy) is 2. The molecule has 3 rings (SSSR count). The topological polar surface area (TPSA) is 148 Å². The van der Waals surface area contributed by atoms with Gasteiger partial charge < -0.3 is 30.5 Å². The summed E-state index contributed by atoms with van der Waals surface area (Å²) in [7, 11) is 3.17. The largest absolute Gasteiger partial charge is 0.497 e. The lowest BCUT2D eigenvalue weighted by atomic mass is 9.94. The minimum absolute atomic E-state index is 0.0203. The van der Waals surface area contributed by atoms with Crippen LogP contribution >= 0.6 is 0 Å². The Hall–Kier alpha value is -4.15. The number of aromatic nitrogens is 3. The van der Waals surface area contributed by atoms with Crippen LogP contribution in [0, 0.1) is 0 Å². The lowest BCUT2D eigenvalue weighted by Crippen LogP contribution is -2.46. The number of hydrogen-bond acceptors (Lipinski definition) is 9. The molecule has 11 nitrogen and oxygen atoms in total. The van der Waals surface area contributed by atoms with E-state index in [1.54, 1.807) is 20.3 Å². The van der Waals surface area contributed by atoms with Gasteiger partial charge in [-0.05, 0) is 31.5 Å². The van der Waals surface area contributed by atoms with E-state index in [4.69, 9.17) is 9.47 Å². The Balaban J connectivity index is 2.00. The fourth-order valence-electron chi connectivity index (χ4n) is 3.84. The number of rotatable bonds is 13. The number of carbonyl (C=O) groups excluding carboxylic acids is 1. The Bertz CT molecular complexity index is 1270. The van der Waals surface area contributed by atoms with E-state index in [0.29, 0.717) is 41.4 Å². The SMILES string of the molecule is CCCCC(C)(CNC(C)=O)Nc1nc(NCc2ccc(OC)cc2OC)nc2cc(C(=O)O)cnc12. The summed E-state index contributed by atoms with van der Waals surface area (Å²) in [5, 5.41) is 19.0. The Labute approximate surface area is 216 Å². The number of benzene rings is 1. The van der Waals surface area contributed by atoms with Crippen LogP contribution in [0.25, 0.3) is 11.0 Å². The Morgan fingerprint density at radius 3 is 2.57 bits per heavy atom. The van der Waals surface area contributed by atoms with Crippen LogP contribution in [0.2, 0.25) is 0 Å². The van der Waals surface area contributed by atoms with Crippen molar-refractivity contribution in [3.05, 3.63) is 41.6 Å². The molecule has 37 heavy (non-hydrogen) atoms. The first-order chi connectivity index (χ1) is 17.7. The van der Waals surface area contributed by atoms with Crippen molar-refractivity contribution in [2.75, 3.05) is 31.4 Å². The maximum Gasteiger partial charge on any atom is 0.337 e. The zero-order chi connectivity index (χ0) is 27.0. The Morgan fingerprint density at radius 1 is 1.14 bits per heavy atom. The smallest absolute Gasteiger partial charge is 0.337 e. The number of nitrogens with zero attached hydrogens (tertiary/aromatic N) is 3. The molecule has 1 unspecified atom stereocenters. The molecule has 198 valence electrons. The highest BCUT2D eigenvalue weighted by molar-refractivity contribution is 5.94. The van der Waals surface area contributed by atoms with Crippen LogP contribution in [0.1, 0.15) is 56.0 Å². The summed E-state index contributed by atoms with van der Waals surface area (Å²) in [4.78, 5) is 36.8. The molecule has 11 heteroatoms. The lowest BCUT2D eigenvalue weighted by molar-refractivity contribution is -0.119. The van der Waals surface area contributed by atoms with Gasteiger partial charge >= 0.3 is 5.97 Å². The molecular formula is C26H34N6O5. The molecule has 2 heterocycles. The number of amides is 1. The van der Waals surface area contributed by atoms with Crippen LogP contribution in [0.15, 0.2) is 30.5 Å². The first-order valence-corrected chi connectivity index (χ1v) is 12.1. The molecule has 0 aliphatic carbocycles. The van der Waals surface area contributed by atoms with Gasteiger partial charge in [-0.3, -0.25) is 4.79 Å². The maximum absolute atomic E-state index is 11.6. The van der Waals surface area contributed by atoms with Crippen LogP contribution in [-0.2, 0) is 11.3 Å². The number of hydrogen-bond donors (Lipinski definition) is 4. The number of unbranched alkanes of at least 4 members (excludes halogenated alkanes) is 1. The number of anilines is 2. The van der Waals surface area contributed by atoms with Crippen molar-refractivity contribution in [1.82, 2.24) is 20.3 Å². The fraction of sp³-hybridized carbons (Fsp3) is 0.423. The van der Waals surface area contributed by atoms with Crippen molar-refractivity contribution in [2.45, 2.75) is 52.1 Å². The normalized spacial score (nSPS) is 12.5. The van der Waals surface area contributed by atoms with E-state index in [1.807, 2.05) is 19.1 Å². The highest BCUT2D eigenvalue weighted by Gasteiger charge is 2.26. The van der Waals surface area contributed by atoms with Crippen LogP contribution < -0.4 is 25.4 Å². The van der Waals surface area contributed by atoms with Gasteiger partial charge in [0, 0.05) is 37.8 Å². The van der Waals surface area contributed by atoms with E-state index in [1.165, 1.54) is 19.2 Å². The minimum atomic E-state index is -1.10. The molecule has 0 aliphatic rings. The van der Waals surface area contributed by atoms with E-state index in [-0.39, 0.29) is 17.4 Å². The molecule has 1 atom stereocenters. The number of carboxylic acids is 1. The summed E-state index contributed by atoms with van der Waals surface area (Å²) < 4.78 is 10.7. The number of nitrogens with one attached hydrogen (secondary N) is 3. The van der Waals surface area contributed by atoms with Crippen LogP contribution in [0.4, 0.5) is 11.8 Å². The molecule has 0 aliphatic heterocycles. The van der Waals surface area contributed by atoms with Gasteiger partial charge in [0.1, 0.15) is 17.0 Å². The van der Waals surface area contributed by atoms with Crippen molar-refractivity contribution in [2.24, 2.45) is 0 Å². The van der Waals surface area contributed by atoms with Gasteiger partial charge in [-0.1, -0.05) is 19.8 Å². The number of carbonyl (C=O) groups is 2. The highest BCUT2D eigenvalue weighted by atomic mass is 16.5. The first-order valence-electron chi connectivity index (χ1n) is 12.1. The van der Waals surface area contributed by atoms with Gasteiger partial charge in [0.2, 0.25) is 11.9 Å². The second-order valence-corrected chi connectivity index (χ2v) is 9.02. The highest BCUT2D eigenvalue weighted by Crippen LogP contribution is 2.28. The zero-order valence-electron chi connectivity index (χ0n) is 21.8. The van der Waals surface area contributed by atoms with Gasteiger partial charge in [-0.15, -0.1) is 0 Å². The molecular weight excluding hydrogens is 476 g/mol. The summed E-state index contributed by atoms with van der Waals surface area (Å²) in [6.45, 7) is 6.32. The third kappa shape index (κ3) is 7.18. The average molecular weight is 511 g/mol. The van der Waals surface area contributed by atoms with Crippen LogP contribution in [0.5, 0.6) is 11.5 Å². The van der Waals surface area contributed by atoms with E-state index >= 15 is 0 Å². The predicted octanol–water partition coefficient (Wildman–Crippen LogP) is 3.85. The first kappa shape index (κ1) is 27.4. The molecule has 0 bridgehead atoms. The molecule has 0 saturated carbocycles. The van der Waals surface area contributed by atoms with Crippen molar-refractivity contribution in [1.29, 1.82) is 0 Å². The molecule has 4 N–H and O–H groups in total. The quantitative estimate of drug-likeness (QED) is 0.267. The van der Waals surface area contributed by atoms with E-state index in [9.17, 15) is 14.7 Å². The van der Waals surface area contributed by atoms with Crippen molar-refractivity contribution in [3.63, 3.8) is 0 Å². The molecule has 3 aromatic rings. The minimum Gasteiger partial charge on any atom is -0.497 e. The average Bonchev–Trinajstić information content (AvgIpc) is 2.89.